The van der Waals surface area contributed by atoms with Crippen molar-refractivity contribution in [2.75, 3.05) is 6.54 Å². The highest BCUT2D eigenvalue weighted by Gasteiger charge is 2.38. The average Bonchev–Trinajstić information content (AvgIpc) is 2.79. The van der Waals surface area contributed by atoms with Crippen molar-refractivity contribution < 1.29 is 18.3 Å². The molecule has 0 saturated carbocycles. The lowest BCUT2D eigenvalue weighted by Gasteiger charge is -2.11. The normalized spacial score (nSPS) is 24.1. The molecule has 2 N–H and O–H groups in total. The molecule has 5 nitrogen and oxygen atoms in total. The van der Waals surface area contributed by atoms with Gasteiger partial charge in [0.25, 0.3) is 0 Å². The Morgan fingerprint density at radius 2 is 2.06 bits per heavy atom. The van der Waals surface area contributed by atoms with Gasteiger partial charge in [-0.15, -0.1) is 0 Å². The van der Waals surface area contributed by atoms with Crippen molar-refractivity contribution in [3.8, 4) is 0 Å². The SMILES string of the molecule is O=C(O)[C@H]1C[C@@H](S(=O)(=O)c2ccccc2Cl)CN1. The van der Waals surface area contributed by atoms with Crippen LogP contribution in [0.4, 0.5) is 0 Å². The summed E-state index contributed by atoms with van der Waals surface area (Å²) in [6, 6.07) is 5.37. The van der Waals surface area contributed by atoms with Gasteiger partial charge in [-0.25, -0.2) is 8.42 Å². The van der Waals surface area contributed by atoms with Crippen LogP contribution in [0.5, 0.6) is 0 Å². The third kappa shape index (κ3) is 2.36. The van der Waals surface area contributed by atoms with Crippen LogP contribution in [0.3, 0.4) is 0 Å². The van der Waals surface area contributed by atoms with E-state index in [2.05, 4.69) is 5.32 Å². The zero-order valence-corrected chi connectivity index (χ0v) is 10.9. The van der Waals surface area contributed by atoms with Crippen LogP contribution in [-0.4, -0.2) is 37.3 Å². The molecule has 1 aromatic rings. The second-order valence-corrected chi connectivity index (χ2v) is 6.74. The van der Waals surface area contributed by atoms with Crippen LogP contribution >= 0.6 is 11.6 Å². The monoisotopic (exact) mass is 289 g/mol. The topological polar surface area (TPSA) is 83.5 Å². The number of sulfone groups is 1. The highest BCUT2D eigenvalue weighted by atomic mass is 35.5. The van der Waals surface area contributed by atoms with Crippen LogP contribution in [0.25, 0.3) is 0 Å². The molecular weight excluding hydrogens is 278 g/mol. The van der Waals surface area contributed by atoms with Gasteiger partial charge in [0.1, 0.15) is 6.04 Å². The van der Waals surface area contributed by atoms with Gasteiger partial charge >= 0.3 is 5.97 Å². The van der Waals surface area contributed by atoms with Crippen molar-refractivity contribution >= 4 is 27.4 Å². The van der Waals surface area contributed by atoms with E-state index in [1.165, 1.54) is 12.1 Å². The van der Waals surface area contributed by atoms with E-state index in [0.29, 0.717) is 0 Å². The molecule has 1 aliphatic heterocycles. The molecule has 0 amide bonds. The summed E-state index contributed by atoms with van der Waals surface area (Å²) in [5, 5.41) is 10.9. The maximum Gasteiger partial charge on any atom is 0.320 e. The number of carboxylic acids is 1. The first kappa shape index (κ1) is 13.3. The molecule has 1 aromatic carbocycles. The van der Waals surface area contributed by atoms with Crippen LogP contribution in [0, 0.1) is 0 Å². The molecule has 18 heavy (non-hydrogen) atoms. The number of nitrogens with one attached hydrogen (secondary N) is 1. The second-order valence-electron chi connectivity index (χ2n) is 4.13. The van der Waals surface area contributed by atoms with Crippen LogP contribution in [0.2, 0.25) is 5.02 Å². The molecule has 1 aliphatic rings. The van der Waals surface area contributed by atoms with Gasteiger partial charge in [0.15, 0.2) is 9.84 Å². The first-order valence-corrected chi connectivity index (χ1v) is 7.30. The number of benzene rings is 1. The quantitative estimate of drug-likeness (QED) is 0.865. The molecule has 2 rings (SSSR count). The Balaban J connectivity index is 2.29. The number of hydrogen-bond acceptors (Lipinski definition) is 4. The molecule has 0 aromatic heterocycles. The molecule has 7 heteroatoms. The fourth-order valence-electron chi connectivity index (χ4n) is 1.98. The number of carboxylic acid groups (broad SMARTS) is 1. The van der Waals surface area contributed by atoms with Crippen LogP contribution in [0.15, 0.2) is 29.2 Å². The Bertz CT molecular complexity index is 572. The minimum Gasteiger partial charge on any atom is -0.480 e. The van der Waals surface area contributed by atoms with Crippen molar-refractivity contribution in [3.63, 3.8) is 0 Å². The lowest BCUT2D eigenvalue weighted by molar-refractivity contribution is -0.139. The third-order valence-corrected chi connectivity index (χ3v) is 5.62. The molecular formula is C11H12ClNO4S. The summed E-state index contributed by atoms with van der Waals surface area (Å²) in [6.45, 7) is 0.129. The van der Waals surface area contributed by atoms with Crippen molar-refractivity contribution in [2.24, 2.45) is 0 Å². The molecule has 2 atom stereocenters. The molecule has 0 spiro atoms. The van der Waals surface area contributed by atoms with E-state index < -0.39 is 27.1 Å². The maximum absolute atomic E-state index is 12.3. The molecule has 1 heterocycles. The standard InChI is InChI=1S/C11H12ClNO4S/c12-8-3-1-2-4-10(8)18(16,17)7-5-9(11(14)15)13-6-7/h1-4,7,9,13H,5-6H2,(H,14,15)/t7-,9-/m1/s1. The molecule has 1 saturated heterocycles. The summed E-state index contributed by atoms with van der Waals surface area (Å²) < 4.78 is 24.6. The second kappa shape index (κ2) is 4.87. The zero-order valence-electron chi connectivity index (χ0n) is 9.34. The van der Waals surface area contributed by atoms with E-state index in [9.17, 15) is 13.2 Å². The Morgan fingerprint density at radius 1 is 1.39 bits per heavy atom. The van der Waals surface area contributed by atoms with Gasteiger partial charge in [-0.3, -0.25) is 4.79 Å². The van der Waals surface area contributed by atoms with Crippen LogP contribution in [-0.2, 0) is 14.6 Å². The molecule has 98 valence electrons. The van der Waals surface area contributed by atoms with Crippen LogP contribution in [0.1, 0.15) is 6.42 Å². The van der Waals surface area contributed by atoms with Crippen molar-refractivity contribution in [3.05, 3.63) is 29.3 Å². The summed E-state index contributed by atoms with van der Waals surface area (Å²) in [4.78, 5) is 10.9. The molecule has 0 aliphatic carbocycles. The summed E-state index contributed by atoms with van der Waals surface area (Å²) in [5.41, 5.74) is 0. The van der Waals surface area contributed by atoms with Crippen molar-refractivity contribution in [1.29, 1.82) is 0 Å². The number of halogens is 1. The smallest absolute Gasteiger partial charge is 0.320 e. The van der Waals surface area contributed by atoms with Gasteiger partial charge in [0.05, 0.1) is 15.2 Å². The zero-order chi connectivity index (χ0) is 13.3. The highest BCUT2D eigenvalue weighted by Crippen LogP contribution is 2.28. The summed E-state index contributed by atoms with van der Waals surface area (Å²) >= 11 is 5.87. The summed E-state index contributed by atoms with van der Waals surface area (Å²) in [6.07, 6.45) is 0.0584. The van der Waals surface area contributed by atoms with Gasteiger partial charge < -0.3 is 10.4 Å². The molecule has 1 fully saturated rings. The Morgan fingerprint density at radius 3 is 2.61 bits per heavy atom. The fourth-order valence-corrected chi connectivity index (χ4v) is 4.17. The number of carbonyl (C=O) groups is 1. The Labute approximate surface area is 110 Å². The van der Waals surface area contributed by atoms with Gasteiger partial charge in [-0.05, 0) is 18.6 Å². The molecule has 0 radical (unpaired) electrons. The fraction of sp³-hybridized carbons (Fsp3) is 0.364. The van der Waals surface area contributed by atoms with Crippen molar-refractivity contribution in [2.45, 2.75) is 22.6 Å². The minimum atomic E-state index is -3.59. The number of hydrogen-bond donors (Lipinski definition) is 2. The van der Waals surface area contributed by atoms with Crippen LogP contribution < -0.4 is 5.32 Å². The number of rotatable bonds is 3. The molecule has 0 unspecified atom stereocenters. The summed E-state index contributed by atoms with van der Waals surface area (Å²) in [5.74, 6) is -1.04. The minimum absolute atomic E-state index is 0.0584. The van der Waals surface area contributed by atoms with Gasteiger partial charge in [-0.1, -0.05) is 23.7 Å². The van der Waals surface area contributed by atoms with E-state index in [4.69, 9.17) is 16.7 Å². The van der Waals surface area contributed by atoms with Crippen molar-refractivity contribution in [1.82, 2.24) is 5.32 Å². The maximum atomic E-state index is 12.3. The highest BCUT2D eigenvalue weighted by molar-refractivity contribution is 7.92. The lowest BCUT2D eigenvalue weighted by Crippen LogP contribution is -2.30. The Hall–Kier alpha value is -1.11. The largest absolute Gasteiger partial charge is 0.480 e. The van der Waals surface area contributed by atoms with E-state index in [1.54, 1.807) is 12.1 Å². The first-order chi connectivity index (χ1) is 8.43. The van der Waals surface area contributed by atoms with Gasteiger partial charge in [0, 0.05) is 6.54 Å². The van der Waals surface area contributed by atoms with E-state index in [0.717, 1.165) is 0 Å². The Kier molecular flexibility index (Phi) is 3.61. The van der Waals surface area contributed by atoms with E-state index in [-0.39, 0.29) is 22.9 Å². The average molecular weight is 290 g/mol. The van der Waals surface area contributed by atoms with Gasteiger partial charge in [-0.2, -0.15) is 0 Å². The van der Waals surface area contributed by atoms with E-state index >= 15 is 0 Å². The third-order valence-electron chi connectivity index (χ3n) is 2.97. The first-order valence-electron chi connectivity index (χ1n) is 5.37. The summed E-state index contributed by atoms with van der Waals surface area (Å²) in [7, 11) is -3.59. The molecule has 0 bridgehead atoms. The predicted octanol–water partition coefficient (Wildman–Crippen LogP) is 0.929. The van der Waals surface area contributed by atoms with E-state index in [1.807, 2.05) is 0 Å². The number of aliphatic carboxylic acids is 1. The van der Waals surface area contributed by atoms with Gasteiger partial charge in [0.2, 0.25) is 0 Å². The predicted molar refractivity (Wildman–Crippen MR) is 66.5 cm³/mol. The lowest BCUT2D eigenvalue weighted by atomic mass is 10.2.